The molecule has 2 N–H and O–H groups in total. The van der Waals surface area contributed by atoms with E-state index in [2.05, 4.69) is 19.2 Å². The summed E-state index contributed by atoms with van der Waals surface area (Å²) < 4.78 is 0. The molecule has 3 nitrogen and oxygen atoms in total. The van der Waals surface area contributed by atoms with Gasteiger partial charge in [-0.25, -0.2) is 0 Å². The summed E-state index contributed by atoms with van der Waals surface area (Å²) in [7, 11) is 0. The van der Waals surface area contributed by atoms with E-state index in [0.717, 1.165) is 18.5 Å². The van der Waals surface area contributed by atoms with Crippen molar-refractivity contribution in [3.8, 4) is 0 Å². The molecule has 0 bridgehead atoms. The minimum Gasteiger partial charge on any atom is -0.480 e. The summed E-state index contributed by atoms with van der Waals surface area (Å²) in [5.74, 6) is -0.831. The molecule has 0 aliphatic carbocycles. The van der Waals surface area contributed by atoms with E-state index < -0.39 is 5.97 Å². The summed E-state index contributed by atoms with van der Waals surface area (Å²) >= 11 is 0. The van der Waals surface area contributed by atoms with E-state index in [-0.39, 0.29) is 6.54 Å². The second kappa shape index (κ2) is 5.39. The van der Waals surface area contributed by atoms with Crippen molar-refractivity contribution in [2.45, 2.75) is 26.7 Å². The Balaban J connectivity index is 2.94. The van der Waals surface area contributed by atoms with Gasteiger partial charge < -0.3 is 10.4 Å². The fraction of sp³-hybridized carbons (Fsp3) is 0.417. The van der Waals surface area contributed by atoms with Crippen molar-refractivity contribution in [3.05, 3.63) is 29.3 Å². The van der Waals surface area contributed by atoms with Crippen molar-refractivity contribution in [1.82, 2.24) is 0 Å². The molecule has 0 spiro atoms. The third-order valence-corrected chi connectivity index (χ3v) is 2.42. The molecular weight excluding hydrogens is 190 g/mol. The summed E-state index contributed by atoms with van der Waals surface area (Å²) in [5, 5.41) is 11.6. The Kier molecular flexibility index (Phi) is 4.16. The summed E-state index contributed by atoms with van der Waals surface area (Å²) in [6.07, 6.45) is 1.82. The van der Waals surface area contributed by atoms with Gasteiger partial charge in [0.05, 0.1) is 0 Å². The Morgan fingerprint density at radius 2 is 1.80 bits per heavy atom. The lowest BCUT2D eigenvalue weighted by atomic mass is 10.0. The van der Waals surface area contributed by atoms with E-state index in [1.807, 2.05) is 18.2 Å². The van der Waals surface area contributed by atoms with E-state index >= 15 is 0 Å². The summed E-state index contributed by atoms with van der Waals surface area (Å²) in [4.78, 5) is 10.5. The maximum absolute atomic E-state index is 10.5. The smallest absolute Gasteiger partial charge is 0.322 e. The highest BCUT2D eigenvalue weighted by molar-refractivity contribution is 5.74. The van der Waals surface area contributed by atoms with Gasteiger partial charge in [-0.15, -0.1) is 0 Å². The van der Waals surface area contributed by atoms with Crippen LogP contribution in [0.15, 0.2) is 18.2 Å². The molecule has 0 atom stereocenters. The molecule has 0 heterocycles. The fourth-order valence-corrected chi connectivity index (χ4v) is 1.63. The molecule has 0 amide bonds. The summed E-state index contributed by atoms with van der Waals surface area (Å²) in [6, 6.07) is 6.08. The Morgan fingerprint density at radius 1 is 1.27 bits per heavy atom. The van der Waals surface area contributed by atoms with Crippen LogP contribution in [0.1, 0.15) is 25.0 Å². The van der Waals surface area contributed by atoms with Crippen LogP contribution >= 0.6 is 0 Å². The minimum atomic E-state index is -0.831. The third-order valence-electron chi connectivity index (χ3n) is 2.42. The second-order valence-electron chi connectivity index (χ2n) is 3.41. The van der Waals surface area contributed by atoms with Gasteiger partial charge in [-0.05, 0) is 24.0 Å². The lowest BCUT2D eigenvalue weighted by Crippen LogP contribution is -2.14. The monoisotopic (exact) mass is 207 g/mol. The number of hydrogen-bond donors (Lipinski definition) is 2. The second-order valence-corrected chi connectivity index (χ2v) is 3.41. The van der Waals surface area contributed by atoms with Crippen LogP contribution in [0.25, 0.3) is 0 Å². The predicted octanol–water partition coefficient (Wildman–Crippen LogP) is 2.31. The number of carboxylic acids is 1. The van der Waals surface area contributed by atoms with Gasteiger partial charge in [-0.3, -0.25) is 4.79 Å². The Labute approximate surface area is 90.1 Å². The molecule has 15 heavy (non-hydrogen) atoms. The van der Waals surface area contributed by atoms with Gasteiger partial charge >= 0.3 is 5.97 Å². The number of aryl methyl sites for hydroxylation is 2. The van der Waals surface area contributed by atoms with Crippen molar-refractivity contribution in [1.29, 1.82) is 0 Å². The van der Waals surface area contributed by atoms with E-state index in [4.69, 9.17) is 5.11 Å². The van der Waals surface area contributed by atoms with Gasteiger partial charge in [0.25, 0.3) is 0 Å². The highest BCUT2D eigenvalue weighted by atomic mass is 16.4. The molecular formula is C12H17NO2. The van der Waals surface area contributed by atoms with Crippen LogP contribution in [0.2, 0.25) is 0 Å². The zero-order valence-electron chi connectivity index (χ0n) is 9.21. The van der Waals surface area contributed by atoms with E-state index in [1.54, 1.807) is 0 Å². The first kappa shape index (κ1) is 11.6. The van der Waals surface area contributed by atoms with Gasteiger partial charge in [0.2, 0.25) is 0 Å². The van der Waals surface area contributed by atoms with Crippen LogP contribution in [0.4, 0.5) is 5.69 Å². The maximum atomic E-state index is 10.5. The van der Waals surface area contributed by atoms with Crippen LogP contribution in [0.3, 0.4) is 0 Å². The van der Waals surface area contributed by atoms with Gasteiger partial charge in [0.1, 0.15) is 6.54 Å². The van der Waals surface area contributed by atoms with Gasteiger partial charge in [-0.1, -0.05) is 32.0 Å². The zero-order chi connectivity index (χ0) is 11.3. The summed E-state index contributed by atoms with van der Waals surface area (Å²) in [5.41, 5.74) is 3.34. The molecule has 0 aromatic heterocycles. The third kappa shape index (κ3) is 2.98. The largest absolute Gasteiger partial charge is 0.480 e. The molecule has 3 heteroatoms. The molecule has 0 saturated carbocycles. The van der Waals surface area contributed by atoms with Crippen LogP contribution in [-0.2, 0) is 17.6 Å². The Bertz CT molecular complexity index is 325. The predicted molar refractivity (Wildman–Crippen MR) is 61.3 cm³/mol. The number of carboxylic acid groups (broad SMARTS) is 1. The average molecular weight is 207 g/mol. The molecule has 0 radical (unpaired) electrons. The van der Waals surface area contributed by atoms with E-state index in [0.29, 0.717) is 0 Å². The zero-order valence-corrected chi connectivity index (χ0v) is 9.21. The lowest BCUT2D eigenvalue weighted by Gasteiger charge is -2.13. The molecule has 0 aliphatic rings. The molecule has 1 aromatic rings. The molecule has 82 valence electrons. The highest BCUT2D eigenvalue weighted by Crippen LogP contribution is 2.22. The lowest BCUT2D eigenvalue weighted by molar-refractivity contribution is -0.134. The Morgan fingerprint density at radius 3 is 2.20 bits per heavy atom. The van der Waals surface area contributed by atoms with Crippen molar-refractivity contribution in [2.24, 2.45) is 0 Å². The number of nitrogens with one attached hydrogen (secondary N) is 1. The van der Waals surface area contributed by atoms with Crippen LogP contribution in [0, 0.1) is 0 Å². The van der Waals surface area contributed by atoms with Crippen LogP contribution in [0.5, 0.6) is 0 Å². The van der Waals surface area contributed by atoms with E-state index in [1.165, 1.54) is 11.1 Å². The quantitative estimate of drug-likeness (QED) is 0.779. The first-order valence-corrected chi connectivity index (χ1v) is 5.25. The molecule has 0 fully saturated rings. The standard InChI is InChI=1S/C12H17NO2/c1-3-9-6-5-7-10(4-2)12(9)13-8-11(14)15/h5-7,13H,3-4,8H2,1-2H3,(H,14,15). The van der Waals surface area contributed by atoms with Crippen LogP contribution in [-0.4, -0.2) is 17.6 Å². The van der Waals surface area contributed by atoms with Crippen molar-refractivity contribution < 1.29 is 9.90 Å². The van der Waals surface area contributed by atoms with Crippen LogP contribution < -0.4 is 5.32 Å². The normalized spacial score (nSPS) is 10.0. The fourth-order valence-electron chi connectivity index (χ4n) is 1.63. The van der Waals surface area contributed by atoms with Crippen molar-refractivity contribution in [2.75, 3.05) is 11.9 Å². The van der Waals surface area contributed by atoms with Crippen molar-refractivity contribution >= 4 is 11.7 Å². The highest BCUT2D eigenvalue weighted by Gasteiger charge is 2.06. The number of rotatable bonds is 5. The van der Waals surface area contributed by atoms with Gasteiger partial charge in [0, 0.05) is 5.69 Å². The number of anilines is 1. The van der Waals surface area contributed by atoms with Crippen molar-refractivity contribution in [3.63, 3.8) is 0 Å². The maximum Gasteiger partial charge on any atom is 0.322 e. The molecule has 0 unspecified atom stereocenters. The Hall–Kier alpha value is -1.51. The molecule has 0 aliphatic heterocycles. The first-order valence-electron chi connectivity index (χ1n) is 5.25. The van der Waals surface area contributed by atoms with E-state index in [9.17, 15) is 4.79 Å². The molecule has 1 rings (SSSR count). The van der Waals surface area contributed by atoms with Gasteiger partial charge in [-0.2, -0.15) is 0 Å². The first-order chi connectivity index (χ1) is 7.19. The number of hydrogen-bond acceptors (Lipinski definition) is 2. The number of para-hydroxylation sites is 1. The average Bonchev–Trinajstić information content (AvgIpc) is 2.25. The van der Waals surface area contributed by atoms with Gasteiger partial charge in [0.15, 0.2) is 0 Å². The topological polar surface area (TPSA) is 49.3 Å². The minimum absolute atomic E-state index is 0.0238. The SMILES string of the molecule is CCc1cccc(CC)c1NCC(=O)O. The number of carbonyl (C=O) groups is 1. The molecule has 1 aromatic carbocycles. The summed E-state index contributed by atoms with van der Waals surface area (Å²) in [6.45, 7) is 4.12. The molecule has 0 saturated heterocycles. The number of benzene rings is 1. The number of aliphatic carboxylic acids is 1.